The van der Waals surface area contributed by atoms with Crippen LogP contribution in [-0.2, 0) is 0 Å². The molecule has 2 heteroatoms. The topological polar surface area (TPSA) is 4.93 Å². The van der Waals surface area contributed by atoms with Crippen LogP contribution in [-0.4, -0.2) is 4.57 Å². The molecule has 0 bridgehead atoms. The zero-order valence-electron chi connectivity index (χ0n) is 32.6. The minimum absolute atomic E-state index is 1.16. The molecule has 0 saturated heterocycles. The Kier molecular flexibility index (Phi) is 7.24. The van der Waals surface area contributed by atoms with Gasteiger partial charge in [-0.2, -0.15) is 0 Å². The summed E-state index contributed by atoms with van der Waals surface area (Å²) in [6, 6.07) is 78.9. The zero-order chi connectivity index (χ0) is 39.3. The van der Waals surface area contributed by atoms with Crippen LogP contribution in [0.2, 0.25) is 0 Å². The van der Waals surface area contributed by atoms with Gasteiger partial charge in [0.15, 0.2) is 0 Å². The smallest absolute Gasteiger partial charge is 0.0547 e. The molecule has 0 atom stereocenters. The van der Waals surface area contributed by atoms with Gasteiger partial charge in [-0.05, 0) is 143 Å². The van der Waals surface area contributed by atoms with Crippen molar-refractivity contribution in [3.8, 4) is 39.1 Å². The molecule has 13 aromatic rings. The van der Waals surface area contributed by atoms with Crippen LogP contribution in [0.25, 0.3) is 124 Å². The van der Waals surface area contributed by atoms with Crippen molar-refractivity contribution in [3.05, 3.63) is 212 Å². The number of fused-ring (bicyclic) bond motifs is 13. The third kappa shape index (κ3) is 5.05. The molecule has 0 aliphatic heterocycles. The molecule has 13 rings (SSSR count). The molecule has 0 spiro atoms. The van der Waals surface area contributed by atoms with Crippen LogP contribution in [0, 0.1) is 0 Å². The van der Waals surface area contributed by atoms with E-state index in [2.05, 4.69) is 217 Å². The minimum Gasteiger partial charge on any atom is -0.309 e. The van der Waals surface area contributed by atoms with Crippen molar-refractivity contribution >= 4 is 96.4 Å². The fourth-order valence-corrected chi connectivity index (χ4v) is 11.1. The highest BCUT2D eigenvalue weighted by atomic mass is 32.1. The van der Waals surface area contributed by atoms with Gasteiger partial charge in [0.05, 0.1) is 11.0 Å². The third-order valence-corrected chi connectivity index (χ3v) is 13.9. The van der Waals surface area contributed by atoms with E-state index in [1.807, 2.05) is 11.3 Å². The van der Waals surface area contributed by atoms with E-state index in [1.165, 1.54) is 118 Å². The lowest BCUT2D eigenvalue weighted by molar-refractivity contribution is 1.18. The highest BCUT2D eigenvalue weighted by Crippen LogP contribution is 2.44. The summed E-state index contributed by atoms with van der Waals surface area (Å²) in [5.74, 6) is 0. The molecule has 0 N–H and O–H groups in total. The molecule has 2 heterocycles. The summed E-state index contributed by atoms with van der Waals surface area (Å²) in [7, 11) is 0. The van der Waals surface area contributed by atoms with E-state index in [1.54, 1.807) is 0 Å². The third-order valence-electron chi connectivity index (χ3n) is 12.7. The summed E-state index contributed by atoms with van der Waals surface area (Å²) in [6.07, 6.45) is 0. The summed E-state index contributed by atoms with van der Waals surface area (Å²) in [5, 5.41) is 15.5. The molecule has 1 nitrogen and oxygen atoms in total. The summed E-state index contributed by atoms with van der Waals surface area (Å²) < 4.78 is 5.04. The summed E-state index contributed by atoms with van der Waals surface area (Å²) in [4.78, 5) is 0. The van der Waals surface area contributed by atoms with Gasteiger partial charge < -0.3 is 4.57 Å². The largest absolute Gasteiger partial charge is 0.309 e. The van der Waals surface area contributed by atoms with Crippen molar-refractivity contribution in [2.45, 2.75) is 0 Å². The monoisotopic (exact) mass is 777 g/mol. The number of hydrogen-bond acceptors (Lipinski definition) is 1. The zero-order valence-corrected chi connectivity index (χ0v) is 33.4. The second kappa shape index (κ2) is 13.0. The molecule has 60 heavy (non-hydrogen) atoms. The van der Waals surface area contributed by atoms with Crippen LogP contribution >= 0.6 is 11.3 Å². The molecule has 11 aromatic carbocycles. The lowest BCUT2D eigenvalue weighted by Gasteiger charge is -2.14. The molecule has 2 aromatic heterocycles. The maximum Gasteiger partial charge on any atom is 0.0547 e. The van der Waals surface area contributed by atoms with Gasteiger partial charge in [-0.3, -0.25) is 0 Å². The molecule has 0 aliphatic rings. The Labute approximate surface area is 350 Å². The van der Waals surface area contributed by atoms with E-state index in [0.717, 1.165) is 5.69 Å². The van der Waals surface area contributed by atoms with Gasteiger partial charge >= 0.3 is 0 Å². The van der Waals surface area contributed by atoms with Crippen LogP contribution in [0.5, 0.6) is 0 Å². The quantitative estimate of drug-likeness (QED) is 0.157. The van der Waals surface area contributed by atoms with Crippen LogP contribution in [0.4, 0.5) is 0 Å². The molecule has 278 valence electrons. The van der Waals surface area contributed by atoms with Gasteiger partial charge in [0, 0.05) is 36.6 Å². The highest BCUT2D eigenvalue weighted by molar-refractivity contribution is 7.25. The van der Waals surface area contributed by atoms with Crippen molar-refractivity contribution in [3.63, 3.8) is 0 Å². The van der Waals surface area contributed by atoms with E-state index in [0.29, 0.717) is 0 Å². The number of thiophene rings is 1. The summed E-state index contributed by atoms with van der Waals surface area (Å²) >= 11 is 1.90. The Hall–Kier alpha value is -7.52. The number of aromatic nitrogens is 1. The van der Waals surface area contributed by atoms with Crippen molar-refractivity contribution in [2.75, 3.05) is 0 Å². The molecule has 0 aliphatic carbocycles. The van der Waals surface area contributed by atoms with Crippen LogP contribution in [0.3, 0.4) is 0 Å². The maximum atomic E-state index is 2.46. The second-order valence-corrected chi connectivity index (χ2v) is 17.1. The van der Waals surface area contributed by atoms with E-state index >= 15 is 0 Å². The Bertz CT molecular complexity index is 3880. The molecule has 0 fully saturated rings. The molecular weight excluding hydrogens is 743 g/mol. The first-order valence-electron chi connectivity index (χ1n) is 20.7. The first kappa shape index (κ1) is 33.5. The highest BCUT2D eigenvalue weighted by Gasteiger charge is 2.17. The van der Waals surface area contributed by atoms with Gasteiger partial charge in [-0.15, -0.1) is 11.3 Å². The fraction of sp³-hybridized carbons (Fsp3) is 0. The Morgan fingerprint density at radius 2 is 0.817 bits per heavy atom. The minimum atomic E-state index is 1.16. The first-order valence-corrected chi connectivity index (χ1v) is 21.5. The SMILES string of the molecule is c1ccc(-n2c3ccccc3c3ccc(-c4cc(-c5ccc6sc7cc8c9ccccc9c9ccccc9c8cc7c6c5)cc(-c5cccc6ccccc56)c4)cc32)cc1. The number of nitrogens with zero attached hydrogens (tertiary/aromatic N) is 1. The van der Waals surface area contributed by atoms with Crippen LogP contribution in [0.1, 0.15) is 0 Å². The van der Waals surface area contributed by atoms with E-state index in [4.69, 9.17) is 0 Å². The van der Waals surface area contributed by atoms with Gasteiger partial charge in [-0.1, -0.05) is 146 Å². The Morgan fingerprint density at radius 1 is 0.267 bits per heavy atom. The predicted octanol–water partition coefficient (Wildman–Crippen LogP) is 16.8. The average molecular weight is 778 g/mol. The molecule has 0 amide bonds. The number of para-hydroxylation sites is 2. The molecule has 0 radical (unpaired) electrons. The van der Waals surface area contributed by atoms with Crippen molar-refractivity contribution < 1.29 is 0 Å². The number of rotatable bonds is 4. The van der Waals surface area contributed by atoms with Gasteiger partial charge in [0.1, 0.15) is 0 Å². The Morgan fingerprint density at radius 3 is 1.58 bits per heavy atom. The van der Waals surface area contributed by atoms with E-state index in [9.17, 15) is 0 Å². The number of benzene rings is 11. The van der Waals surface area contributed by atoms with E-state index in [-0.39, 0.29) is 0 Å². The van der Waals surface area contributed by atoms with Crippen molar-refractivity contribution in [1.29, 1.82) is 0 Å². The van der Waals surface area contributed by atoms with Crippen LogP contribution in [0.15, 0.2) is 212 Å². The lowest BCUT2D eigenvalue weighted by atomic mass is 9.90. The second-order valence-electron chi connectivity index (χ2n) is 16.0. The first-order chi connectivity index (χ1) is 29.7. The maximum absolute atomic E-state index is 2.46. The van der Waals surface area contributed by atoms with Gasteiger partial charge in [0.2, 0.25) is 0 Å². The van der Waals surface area contributed by atoms with Gasteiger partial charge in [0.25, 0.3) is 0 Å². The predicted molar refractivity (Wildman–Crippen MR) is 260 cm³/mol. The standard InChI is InChI=1S/C58H35NS/c1-2-15-42(16-3-1)59-55-24-11-10-22-49(55)50-27-25-38(33-56(50)59)40-29-39(30-41(31-40)44-23-12-14-36-13-4-5-17-43(36)44)37-26-28-57-53(32-37)54-34-51-47-20-8-6-18-45(47)46-19-7-9-21-48(46)52(51)35-58(54)60-57/h1-35H. The number of hydrogen-bond donors (Lipinski definition) is 0. The summed E-state index contributed by atoms with van der Waals surface area (Å²) in [5.41, 5.74) is 10.8. The van der Waals surface area contributed by atoms with Crippen molar-refractivity contribution in [2.24, 2.45) is 0 Å². The average Bonchev–Trinajstić information content (AvgIpc) is 3.85. The summed E-state index contributed by atoms with van der Waals surface area (Å²) in [6.45, 7) is 0. The molecule has 0 unspecified atom stereocenters. The van der Waals surface area contributed by atoms with E-state index < -0.39 is 0 Å². The molecule has 0 saturated carbocycles. The normalized spacial score (nSPS) is 12.0. The molecular formula is C58H35NS. The van der Waals surface area contributed by atoms with Crippen molar-refractivity contribution in [1.82, 2.24) is 4.57 Å². The van der Waals surface area contributed by atoms with Gasteiger partial charge in [-0.25, -0.2) is 0 Å². The fourth-order valence-electron chi connectivity index (χ4n) is 9.95. The van der Waals surface area contributed by atoms with Crippen LogP contribution < -0.4 is 0 Å². The Balaban J connectivity index is 1.05. The lowest BCUT2D eigenvalue weighted by Crippen LogP contribution is -1.93.